The number of aliphatic hydroxyl groups is 1. The molecule has 0 amide bonds. The second-order valence-electron chi connectivity index (χ2n) is 0.931. The fraction of sp³-hybridized carbons (Fsp3) is 0.750. The molecule has 0 unspecified atom stereocenters. The fourth-order valence-electron chi connectivity index (χ4n) is 0.112. The Morgan fingerprint density at radius 2 is 2.00 bits per heavy atom. The van der Waals surface area contributed by atoms with Crippen LogP contribution in [0.5, 0.6) is 0 Å². The zero-order valence-electron chi connectivity index (χ0n) is 3.58. The van der Waals surface area contributed by atoms with Crippen molar-refractivity contribution < 1.29 is 22.2 Å². The standard InChI is InChI=1S/C4H9O.Cu/c1-2-3-4-5;/h5H,1-4H2;. The van der Waals surface area contributed by atoms with E-state index in [0.717, 1.165) is 12.8 Å². The Bertz CT molecular complexity index is 15.0. The van der Waals surface area contributed by atoms with Crippen LogP contribution in [0, 0.1) is 6.92 Å². The molecule has 0 aromatic carbocycles. The van der Waals surface area contributed by atoms with Crippen molar-refractivity contribution in [3.63, 3.8) is 0 Å². The molecule has 2 radical (unpaired) electrons. The number of aliphatic hydroxyl groups excluding tert-OH is 1. The Hall–Kier alpha value is 0.479. The van der Waals surface area contributed by atoms with Crippen LogP contribution in [-0.2, 0) is 17.1 Å². The van der Waals surface area contributed by atoms with Crippen molar-refractivity contribution in [2.75, 3.05) is 6.61 Å². The van der Waals surface area contributed by atoms with Gasteiger partial charge in [0.1, 0.15) is 0 Å². The van der Waals surface area contributed by atoms with Crippen LogP contribution >= 0.6 is 0 Å². The van der Waals surface area contributed by atoms with E-state index in [-0.39, 0.29) is 23.7 Å². The second-order valence-corrected chi connectivity index (χ2v) is 0.931. The van der Waals surface area contributed by atoms with E-state index >= 15 is 0 Å². The van der Waals surface area contributed by atoms with Crippen LogP contribution in [0.4, 0.5) is 0 Å². The average Bonchev–Trinajstić information content (AvgIpc) is 1.41. The van der Waals surface area contributed by atoms with Crippen LogP contribution in [0.1, 0.15) is 12.8 Å². The molecule has 42 valence electrons. The first-order valence-electron chi connectivity index (χ1n) is 1.82. The zero-order chi connectivity index (χ0) is 4.12. The van der Waals surface area contributed by atoms with Crippen molar-refractivity contribution in [2.24, 2.45) is 0 Å². The minimum absolute atomic E-state index is 0. The van der Waals surface area contributed by atoms with Crippen molar-refractivity contribution in [3.8, 4) is 0 Å². The zero-order valence-corrected chi connectivity index (χ0v) is 4.52. The smallest absolute Gasteiger partial charge is 0.0431 e. The molecule has 2 heteroatoms. The summed E-state index contributed by atoms with van der Waals surface area (Å²) in [5.74, 6) is 0. The largest absolute Gasteiger partial charge is 0.396 e. The summed E-state index contributed by atoms with van der Waals surface area (Å²) in [6.45, 7) is 3.80. The molecule has 0 bridgehead atoms. The molecule has 1 nitrogen and oxygen atoms in total. The maximum Gasteiger partial charge on any atom is 0.0431 e. The van der Waals surface area contributed by atoms with Gasteiger partial charge in [-0.2, -0.15) is 0 Å². The Morgan fingerprint density at radius 1 is 1.50 bits per heavy atom. The van der Waals surface area contributed by atoms with Gasteiger partial charge in [-0.1, -0.05) is 13.3 Å². The molecule has 0 heterocycles. The summed E-state index contributed by atoms with van der Waals surface area (Å²) in [4.78, 5) is 0. The topological polar surface area (TPSA) is 20.2 Å². The van der Waals surface area contributed by atoms with Crippen LogP contribution in [0.25, 0.3) is 0 Å². The average molecular weight is 137 g/mol. The van der Waals surface area contributed by atoms with Crippen molar-refractivity contribution in [3.05, 3.63) is 6.92 Å². The van der Waals surface area contributed by atoms with Gasteiger partial charge in [-0.05, 0) is 6.42 Å². The summed E-state index contributed by atoms with van der Waals surface area (Å²) >= 11 is 0. The molecule has 0 rings (SSSR count). The van der Waals surface area contributed by atoms with Gasteiger partial charge >= 0.3 is 0 Å². The van der Waals surface area contributed by atoms with Gasteiger partial charge in [-0.3, -0.25) is 0 Å². The molecule has 0 saturated heterocycles. The van der Waals surface area contributed by atoms with Crippen LogP contribution in [0.3, 0.4) is 0 Å². The van der Waals surface area contributed by atoms with Crippen LogP contribution in [-0.4, -0.2) is 11.7 Å². The fourth-order valence-corrected chi connectivity index (χ4v) is 0.112. The van der Waals surface area contributed by atoms with Crippen LogP contribution < -0.4 is 0 Å². The molecule has 0 aliphatic carbocycles. The van der Waals surface area contributed by atoms with Gasteiger partial charge in [0.15, 0.2) is 0 Å². The van der Waals surface area contributed by atoms with E-state index in [9.17, 15) is 0 Å². The van der Waals surface area contributed by atoms with Gasteiger partial charge in [0.25, 0.3) is 0 Å². The Kier molecular flexibility index (Phi) is 14.7. The molecule has 0 aliphatic heterocycles. The van der Waals surface area contributed by atoms with E-state index in [2.05, 4.69) is 6.92 Å². The second kappa shape index (κ2) is 9.08. The summed E-state index contributed by atoms with van der Waals surface area (Å²) in [6, 6.07) is 0. The van der Waals surface area contributed by atoms with E-state index in [0.29, 0.717) is 0 Å². The van der Waals surface area contributed by atoms with Crippen molar-refractivity contribution in [1.29, 1.82) is 0 Å². The molecule has 0 aromatic heterocycles. The first-order chi connectivity index (χ1) is 2.41. The van der Waals surface area contributed by atoms with Crippen molar-refractivity contribution in [2.45, 2.75) is 12.8 Å². The maximum atomic E-state index is 8.03. The van der Waals surface area contributed by atoms with Crippen molar-refractivity contribution >= 4 is 0 Å². The Labute approximate surface area is 49.2 Å². The molecule has 6 heavy (non-hydrogen) atoms. The molecular formula is C4H9CuO. The van der Waals surface area contributed by atoms with Crippen LogP contribution in [0.2, 0.25) is 0 Å². The van der Waals surface area contributed by atoms with Gasteiger partial charge in [-0.25, -0.2) is 0 Å². The number of unbranched alkanes of at least 4 members (excludes halogenated alkanes) is 1. The van der Waals surface area contributed by atoms with E-state index in [1.54, 1.807) is 0 Å². The van der Waals surface area contributed by atoms with Crippen LogP contribution in [0.15, 0.2) is 0 Å². The van der Waals surface area contributed by atoms with E-state index in [1.165, 1.54) is 0 Å². The summed E-state index contributed by atoms with van der Waals surface area (Å²) in [5.41, 5.74) is 0. The number of hydrogen-bond acceptors (Lipinski definition) is 1. The van der Waals surface area contributed by atoms with Gasteiger partial charge in [0.05, 0.1) is 0 Å². The van der Waals surface area contributed by atoms with E-state index in [4.69, 9.17) is 5.11 Å². The molecule has 0 aromatic rings. The third-order valence-electron chi connectivity index (χ3n) is 0.408. The Morgan fingerprint density at radius 3 is 2.00 bits per heavy atom. The number of hydrogen-bond donors (Lipinski definition) is 1. The predicted octanol–water partition coefficient (Wildman–Crippen LogP) is 0.590. The minimum Gasteiger partial charge on any atom is -0.396 e. The van der Waals surface area contributed by atoms with Gasteiger partial charge < -0.3 is 5.11 Å². The quantitative estimate of drug-likeness (QED) is 0.551. The van der Waals surface area contributed by atoms with Gasteiger partial charge in [-0.15, -0.1) is 0 Å². The Balaban J connectivity index is 0. The normalized spacial score (nSPS) is 7.00. The first-order valence-corrected chi connectivity index (χ1v) is 1.82. The number of rotatable bonds is 2. The van der Waals surface area contributed by atoms with Gasteiger partial charge in [0, 0.05) is 23.7 Å². The SMILES string of the molecule is [CH2]CCCO.[Cu]. The minimum atomic E-state index is 0. The molecule has 1 N–H and O–H groups in total. The molecule has 0 spiro atoms. The van der Waals surface area contributed by atoms with E-state index < -0.39 is 0 Å². The predicted molar refractivity (Wildman–Crippen MR) is 21.7 cm³/mol. The molecule has 0 fully saturated rings. The summed E-state index contributed by atoms with van der Waals surface area (Å²) in [6.07, 6.45) is 1.68. The summed E-state index contributed by atoms with van der Waals surface area (Å²) in [7, 11) is 0. The van der Waals surface area contributed by atoms with Crippen molar-refractivity contribution in [1.82, 2.24) is 0 Å². The third kappa shape index (κ3) is 8.82. The molecule has 0 aliphatic rings. The molecular weight excluding hydrogens is 128 g/mol. The molecule has 0 saturated carbocycles. The maximum absolute atomic E-state index is 8.03. The third-order valence-corrected chi connectivity index (χ3v) is 0.408. The van der Waals surface area contributed by atoms with E-state index in [1.807, 2.05) is 0 Å². The summed E-state index contributed by atoms with van der Waals surface area (Å²) in [5, 5.41) is 8.03. The monoisotopic (exact) mass is 136 g/mol. The first kappa shape index (κ1) is 9.70. The molecule has 0 atom stereocenters. The van der Waals surface area contributed by atoms with Gasteiger partial charge in [0.2, 0.25) is 0 Å². The summed E-state index contributed by atoms with van der Waals surface area (Å²) < 4.78 is 0.